The lowest BCUT2D eigenvalue weighted by molar-refractivity contribution is -0.120. The Kier molecular flexibility index (Phi) is 5.28. The number of ketones is 1. The highest BCUT2D eigenvalue weighted by Crippen LogP contribution is 2.37. The van der Waals surface area contributed by atoms with Crippen LogP contribution in [0.2, 0.25) is 18.1 Å². The standard InChI is InChI=1S/C19H30O2Si/c1-19(2,3)22(4,5)21-14-15-6-8-16(9-7-15)17-10-12-18(20)13-11-17/h6-9,17H,10-14H2,1-5H3. The molecule has 0 radical (unpaired) electrons. The molecule has 1 aliphatic rings. The molecule has 0 heterocycles. The maximum Gasteiger partial charge on any atom is 0.192 e. The minimum absolute atomic E-state index is 0.252. The van der Waals surface area contributed by atoms with Gasteiger partial charge in [-0.25, -0.2) is 0 Å². The van der Waals surface area contributed by atoms with Crippen molar-refractivity contribution >= 4 is 14.1 Å². The highest BCUT2D eigenvalue weighted by atomic mass is 28.4. The van der Waals surface area contributed by atoms with Crippen molar-refractivity contribution < 1.29 is 9.22 Å². The van der Waals surface area contributed by atoms with E-state index in [9.17, 15) is 4.79 Å². The normalized spacial score (nSPS) is 17.8. The molecule has 0 spiro atoms. The summed E-state index contributed by atoms with van der Waals surface area (Å²) in [7, 11) is -1.68. The van der Waals surface area contributed by atoms with E-state index in [0.717, 1.165) is 25.7 Å². The van der Waals surface area contributed by atoms with Crippen LogP contribution in [-0.2, 0) is 15.8 Å². The molecule has 1 aliphatic carbocycles. The summed E-state index contributed by atoms with van der Waals surface area (Å²) in [5.74, 6) is 0.990. The Labute approximate surface area is 136 Å². The van der Waals surface area contributed by atoms with Gasteiger partial charge >= 0.3 is 0 Å². The lowest BCUT2D eigenvalue weighted by Crippen LogP contribution is -2.40. The van der Waals surface area contributed by atoms with Gasteiger partial charge in [0.05, 0.1) is 6.61 Å². The molecule has 3 heteroatoms. The van der Waals surface area contributed by atoms with Gasteiger partial charge in [0.25, 0.3) is 0 Å². The van der Waals surface area contributed by atoms with Crippen molar-refractivity contribution in [1.82, 2.24) is 0 Å². The second-order valence-electron chi connectivity index (χ2n) is 8.10. The maximum absolute atomic E-state index is 11.3. The summed E-state index contributed by atoms with van der Waals surface area (Å²) in [4.78, 5) is 11.3. The van der Waals surface area contributed by atoms with Crippen LogP contribution >= 0.6 is 0 Å². The van der Waals surface area contributed by atoms with E-state index < -0.39 is 8.32 Å². The number of hydrogen-bond donors (Lipinski definition) is 0. The van der Waals surface area contributed by atoms with Crippen LogP contribution in [0.15, 0.2) is 24.3 Å². The second-order valence-corrected chi connectivity index (χ2v) is 12.9. The topological polar surface area (TPSA) is 26.3 Å². The first-order chi connectivity index (χ1) is 10.2. The Morgan fingerprint density at radius 2 is 1.64 bits per heavy atom. The van der Waals surface area contributed by atoms with Gasteiger partial charge in [0, 0.05) is 12.8 Å². The van der Waals surface area contributed by atoms with E-state index in [2.05, 4.69) is 58.1 Å². The summed E-state index contributed by atoms with van der Waals surface area (Å²) in [6.07, 6.45) is 3.53. The molecule has 0 aromatic heterocycles. The van der Waals surface area contributed by atoms with Gasteiger partial charge in [-0.1, -0.05) is 45.0 Å². The van der Waals surface area contributed by atoms with E-state index >= 15 is 0 Å². The Morgan fingerprint density at radius 1 is 1.09 bits per heavy atom. The zero-order valence-electron chi connectivity index (χ0n) is 14.7. The van der Waals surface area contributed by atoms with Crippen molar-refractivity contribution in [1.29, 1.82) is 0 Å². The molecule has 1 fully saturated rings. The lowest BCUT2D eigenvalue weighted by atomic mass is 9.83. The zero-order chi connectivity index (χ0) is 16.4. The van der Waals surface area contributed by atoms with Crippen LogP contribution < -0.4 is 0 Å². The number of rotatable bonds is 4. The fourth-order valence-corrected chi connectivity index (χ4v) is 3.60. The van der Waals surface area contributed by atoms with Crippen LogP contribution in [0, 0.1) is 0 Å². The Morgan fingerprint density at radius 3 is 2.14 bits per heavy atom. The minimum Gasteiger partial charge on any atom is -0.413 e. The van der Waals surface area contributed by atoms with E-state index in [4.69, 9.17) is 4.43 Å². The van der Waals surface area contributed by atoms with E-state index in [1.54, 1.807) is 0 Å². The van der Waals surface area contributed by atoms with Gasteiger partial charge in [-0.15, -0.1) is 0 Å². The quantitative estimate of drug-likeness (QED) is 0.691. The van der Waals surface area contributed by atoms with Gasteiger partial charge in [0.2, 0.25) is 0 Å². The molecular weight excluding hydrogens is 288 g/mol. The smallest absolute Gasteiger partial charge is 0.192 e. The average molecular weight is 319 g/mol. The number of Topliss-reactive ketones (excluding diaryl/α,β-unsaturated/α-hetero) is 1. The molecule has 1 aromatic rings. The van der Waals surface area contributed by atoms with Crippen LogP contribution in [0.3, 0.4) is 0 Å². The largest absolute Gasteiger partial charge is 0.413 e. The zero-order valence-corrected chi connectivity index (χ0v) is 15.7. The minimum atomic E-state index is -1.68. The van der Waals surface area contributed by atoms with Crippen LogP contribution in [-0.4, -0.2) is 14.1 Å². The molecule has 2 nitrogen and oxygen atoms in total. The van der Waals surface area contributed by atoms with E-state index in [1.165, 1.54) is 11.1 Å². The molecule has 122 valence electrons. The van der Waals surface area contributed by atoms with E-state index in [1.807, 2.05) is 0 Å². The molecule has 0 bridgehead atoms. The molecule has 22 heavy (non-hydrogen) atoms. The second kappa shape index (κ2) is 6.67. The lowest BCUT2D eigenvalue weighted by Gasteiger charge is -2.36. The third-order valence-corrected chi connectivity index (χ3v) is 9.88. The van der Waals surface area contributed by atoms with Gasteiger partial charge in [-0.2, -0.15) is 0 Å². The van der Waals surface area contributed by atoms with Crippen molar-refractivity contribution in [3.63, 3.8) is 0 Å². The third-order valence-electron chi connectivity index (χ3n) is 5.40. The summed E-state index contributed by atoms with van der Waals surface area (Å²) < 4.78 is 6.27. The summed E-state index contributed by atoms with van der Waals surface area (Å²) in [6.45, 7) is 12.1. The molecular formula is C19H30O2Si. The summed E-state index contributed by atoms with van der Waals surface area (Å²) in [6, 6.07) is 8.84. The Bertz CT molecular complexity index is 501. The predicted molar refractivity (Wildman–Crippen MR) is 94.6 cm³/mol. The van der Waals surface area contributed by atoms with Crippen LogP contribution in [0.5, 0.6) is 0 Å². The highest BCUT2D eigenvalue weighted by molar-refractivity contribution is 6.74. The molecule has 0 amide bonds. The van der Waals surface area contributed by atoms with Gasteiger partial charge in [0.15, 0.2) is 8.32 Å². The van der Waals surface area contributed by atoms with Crippen molar-refractivity contribution in [2.24, 2.45) is 0 Å². The summed E-state index contributed by atoms with van der Waals surface area (Å²) in [5.41, 5.74) is 2.63. The number of carbonyl (C=O) groups is 1. The Balaban J connectivity index is 1.94. The highest BCUT2D eigenvalue weighted by Gasteiger charge is 2.37. The van der Waals surface area contributed by atoms with Crippen molar-refractivity contribution in [3.05, 3.63) is 35.4 Å². The van der Waals surface area contributed by atoms with Crippen molar-refractivity contribution in [2.75, 3.05) is 0 Å². The first kappa shape index (κ1) is 17.4. The van der Waals surface area contributed by atoms with Crippen LogP contribution in [0.4, 0.5) is 0 Å². The van der Waals surface area contributed by atoms with Gasteiger partial charge in [-0.05, 0) is 48.0 Å². The molecule has 0 aliphatic heterocycles. The SMILES string of the molecule is CC(C)(C)[Si](C)(C)OCc1ccc(C2CCC(=O)CC2)cc1. The average Bonchev–Trinajstić information content (AvgIpc) is 2.45. The molecule has 0 atom stereocenters. The fraction of sp³-hybridized carbons (Fsp3) is 0.632. The van der Waals surface area contributed by atoms with E-state index in [-0.39, 0.29) is 5.04 Å². The predicted octanol–water partition coefficient (Wildman–Crippen LogP) is 5.44. The summed E-state index contributed by atoms with van der Waals surface area (Å²) in [5, 5.41) is 0.252. The third kappa shape index (κ3) is 4.29. The van der Waals surface area contributed by atoms with E-state index in [0.29, 0.717) is 18.3 Å². The molecule has 1 aromatic carbocycles. The molecule has 1 saturated carbocycles. The molecule has 0 saturated heterocycles. The molecule has 2 rings (SSSR count). The summed E-state index contributed by atoms with van der Waals surface area (Å²) >= 11 is 0. The maximum atomic E-state index is 11.3. The number of carbonyl (C=O) groups excluding carboxylic acids is 1. The first-order valence-corrected chi connectivity index (χ1v) is 11.3. The van der Waals surface area contributed by atoms with Crippen molar-refractivity contribution in [2.45, 2.75) is 77.1 Å². The first-order valence-electron chi connectivity index (χ1n) is 8.43. The van der Waals surface area contributed by atoms with Crippen LogP contribution in [0.1, 0.15) is 63.5 Å². The molecule has 0 N–H and O–H groups in total. The fourth-order valence-electron chi connectivity index (χ4n) is 2.64. The van der Waals surface area contributed by atoms with Crippen molar-refractivity contribution in [3.8, 4) is 0 Å². The number of hydrogen-bond acceptors (Lipinski definition) is 2. The number of benzene rings is 1. The Hall–Kier alpha value is -0.933. The van der Waals surface area contributed by atoms with Gasteiger partial charge in [-0.3, -0.25) is 4.79 Å². The van der Waals surface area contributed by atoms with Gasteiger partial charge < -0.3 is 4.43 Å². The van der Waals surface area contributed by atoms with Crippen LogP contribution in [0.25, 0.3) is 0 Å². The molecule has 0 unspecified atom stereocenters. The monoisotopic (exact) mass is 318 g/mol. The van der Waals surface area contributed by atoms with Gasteiger partial charge in [0.1, 0.15) is 5.78 Å².